The molecule has 3 nitrogen and oxygen atoms in total. The molecule has 0 heterocycles. The van der Waals surface area contributed by atoms with Gasteiger partial charge < -0.3 is 13.3 Å². The summed E-state index contributed by atoms with van der Waals surface area (Å²) in [6.07, 6.45) is 5.65. The molecule has 0 aromatic rings. The number of rotatable bonds is 9. The third-order valence-corrected chi connectivity index (χ3v) is 8.60. The molecule has 7 heteroatoms. The number of hydrogen-bond acceptors (Lipinski definition) is 3. The Balaban J connectivity index is -0.000000283. The Labute approximate surface area is 158 Å². The van der Waals surface area contributed by atoms with Crippen LogP contribution in [-0.4, -0.2) is 45.6 Å². The van der Waals surface area contributed by atoms with Crippen LogP contribution in [0.4, 0.5) is 0 Å². The van der Waals surface area contributed by atoms with Gasteiger partial charge in [0.1, 0.15) is 0 Å². The van der Waals surface area contributed by atoms with E-state index in [2.05, 4.69) is 52.5 Å². The summed E-state index contributed by atoms with van der Waals surface area (Å²) in [6.45, 7) is 22.1. The fourth-order valence-electron chi connectivity index (χ4n) is 1.45. The highest BCUT2D eigenvalue weighted by molar-refractivity contribution is 7.19. The second-order valence-corrected chi connectivity index (χ2v) is 22.5. The first-order chi connectivity index (χ1) is 10.9. The lowest BCUT2D eigenvalue weighted by Crippen LogP contribution is -2.41. The third-order valence-electron chi connectivity index (χ3n) is 2.71. The molecule has 0 saturated heterocycles. The zero-order chi connectivity index (χ0) is 19.9. The highest BCUT2D eigenvalue weighted by Gasteiger charge is 2.35. The average molecular weight is 411 g/mol. The predicted molar refractivity (Wildman–Crippen MR) is 118 cm³/mol. The summed E-state index contributed by atoms with van der Waals surface area (Å²) in [5.41, 5.74) is 0. The summed E-state index contributed by atoms with van der Waals surface area (Å²) in [5, 5.41) is 0. The molecule has 0 aromatic heterocycles. The van der Waals surface area contributed by atoms with E-state index in [9.17, 15) is 0 Å². The van der Waals surface area contributed by atoms with Crippen LogP contribution in [-0.2, 0) is 13.3 Å². The Morgan fingerprint density at radius 3 is 1.08 bits per heavy atom. The van der Waals surface area contributed by atoms with Gasteiger partial charge in [-0.2, -0.15) is 11.1 Å². The molecule has 0 aliphatic heterocycles. The lowest BCUT2D eigenvalue weighted by molar-refractivity contribution is 0.127. The first-order valence-electron chi connectivity index (χ1n) is 8.04. The summed E-state index contributed by atoms with van der Waals surface area (Å²) >= 11 is 5.90. The summed E-state index contributed by atoms with van der Waals surface area (Å²) in [5.74, 6) is 0. The second-order valence-electron chi connectivity index (χ2n) is 7.05. The number of allylic oxidation sites excluding steroid dienone is 3. The molecule has 0 aliphatic rings. The van der Waals surface area contributed by atoms with E-state index in [1.165, 1.54) is 6.04 Å². The van der Waals surface area contributed by atoms with E-state index in [1.54, 1.807) is 27.4 Å². The Morgan fingerprint density at radius 1 is 0.708 bits per heavy atom. The molecule has 0 unspecified atom stereocenters. The van der Waals surface area contributed by atoms with Crippen LogP contribution in [0.15, 0.2) is 38.0 Å². The molecule has 0 N–H and O–H groups in total. The van der Waals surface area contributed by atoms with E-state index in [0.717, 1.165) is 6.04 Å². The van der Waals surface area contributed by atoms with Crippen molar-refractivity contribution in [2.24, 2.45) is 0 Å². The van der Waals surface area contributed by atoms with Gasteiger partial charge in [-0.1, -0.05) is 51.0 Å². The van der Waals surface area contributed by atoms with Crippen molar-refractivity contribution in [1.29, 1.82) is 0 Å². The third kappa shape index (κ3) is 22.0. The number of hydrogen-bond donors (Lipinski definition) is 0. The lowest BCUT2D eigenvalue weighted by Gasteiger charge is -2.22. The highest BCUT2D eigenvalue weighted by Crippen LogP contribution is 2.13. The molecule has 0 bridgehead atoms. The van der Waals surface area contributed by atoms with Crippen LogP contribution in [0.5, 0.6) is 0 Å². The molecule has 0 amide bonds. The molecular formula is C17H39ClO3Si3. The Bertz CT molecular complexity index is 305. The topological polar surface area (TPSA) is 27.7 Å². The van der Waals surface area contributed by atoms with Crippen molar-refractivity contribution in [3.05, 3.63) is 38.0 Å². The zero-order valence-electron chi connectivity index (χ0n) is 17.1. The highest BCUT2D eigenvalue weighted by atomic mass is 35.6. The van der Waals surface area contributed by atoms with Crippen LogP contribution >= 0.6 is 11.1 Å². The van der Waals surface area contributed by atoms with Crippen LogP contribution in [0.2, 0.25) is 50.9 Å². The minimum absolute atomic E-state index is 0.649. The molecule has 0 saturated carbocycles. The van der Waals surface area contributed by atoms with E-state index >= 15 is 0 Å². The van der Waals surface area contributed by atoms with E-state index in [-0.39, 0.29) is 0 Å². The van der Waals surface area contributed by atoms with Crippen LogP contribution in [0, 0.1) is 0 Å². The van der Waals surface area contributed by atoms with E-state index in [1.807, 2.05) is 12.2 Å². The fourth-order valence-corrected chi connectivity index (χ4v) is 4.69. The monoisotopic (exact) mass is 410 g/mol. The van der Waals surface area contributed by atoms with Crippen LogP contribution in [0.25, 0.3) is 0 Å². The first kappa shape index (κ1) is 28.8. The Hall–Kier alpha value is 0.0406. The van der Waals surface area contributed by atoms with Crippen molar-refractivity contribution in [2.45, 2.75) is 50.9 Å². The molecule has 0 fully saturated rings. The van der Waals surface area contributed by atoms with Crippen molar-refractivity contribution in [3.8, 4) is 0 Å². The number of halogens is 1. The van der Waals surface area contributed by atoms with Crippen molar-refractivity contribution in [2.75, 3.05) is 21.3 Å². The van der Waals surface area contributed by atoms with Gasteiger partial charge in [0, 0.05) is 35.4 Å². The minimum Gasteiger partial charge on any atom is -0.377 e. The first-order valence-corrected chi connectivity index (χ1v) is 17.9. The predicted octanol–water partition coefficient (Wildman–Crippen LogP) is 6.18. The molecule has 0 spiro atoms. The summed E-state index contributed by atoms with van der Waals surface area (Å²) in [7, 11) is 0.344. The van der Waals surface area contributed by atoms with Crippen molar-refractivity contribution in [3.63, 3.8) is 0 Å². The van der Waals surface area contributed by atoms with Gasteiger partial charge in [-0.05, 0) is 12.1 Å². The largest absolute Gasteiger partial charge is 0.504 e. The maximum atomic E-state index is 5.90. The van der Waals surface area contributed by atoms with E-state index in [0.29, 0.717) is 6.04 Å². The normalized spacial score (nSPS) is 11.4. The molecule has 0 rings (SSSR count). The minimum atomic E-state index is -2.34. The standard InChI is InChI=1S/C6H14O3Si.C6H14Si.C5H11ClSi/c1-5-6-10(7-2,8-3)9-4;1-5-6-7(2,3)4;1-4-5-7(2,3)6/h5H,1,6H2,2-4H3;5H,1,6H2,2-4H3;4H,1,5H2,2-3H3. The fraction of sp³-hybridized carbons (Fsp3) is 0.647. The van der Waals surface area contributed by atoms with E-state index in [4.69, 9.17) is 24.4 Å². The van der Waals surface area contributed by atoms with Crippen LogP contribution < -0.4 is 0 Å². The smallest absolute Gasteiger partial charge is 0.377 e. The van der Waals surface area contributed by atoms with Gasteiger partial charge in [-0.25, -0.2) is 0 Å². The maximum Gasteiger partial charge on any atom is 0.504 e. The molecule has 0 aromatic carbocycles. The average Bonchev–Trinajstić information content (AvgIpc) is 2.44. The molecular weight excluding hydrogens is 372 g/mol. The van der Waals surface area contributed by atoms with Crippen LogP contribution in [0.3, 0.4) is 0 Å². The quantitative estimate of drug-likeness (QED) is 0.258. The van der Waals surface area contributed by atoms with Gasteiger partial charge in [0.15, 0.2) is 7.38 Å². The van der Waals surface area contributed by atoms with Crippen molar-refractivity contribution in [1.82, 2.24) is 0 Å². The van der Waals surface area contributed by atoms with E-state index < -0.39 is 24.3 Å². The molecule has 0 radical (unpaired) electrons. The van der Waals surface area contributed by atoms with Crippen molar-refractivity contribution < 1.29 is 13.3 Å². The maximum absolute atomic E-state index is 5.90. The zero-order valence-corrected chi connectivity index (χ0v) is 20.8. The van der Waals surface area contributed by atoms with Crippen LogP contribution in [0.1, 0.15) is 0 Å². The molecule has 24 heavy (non-hydrogen) atoms. The SMILES string of the molecule is C=CC[Si](C)(C)C.C=CC[Si](C)(C)Cl.C=CC[Si](OC)(OC)OC. The Kier molecular flexibility index (Phi) is 18.4. The molecule has 0 atom stereocenters. The van der Waals surface area contributed by atoms with Gasteiger partial charge >= 0.3 is 8.80 Å². The second kappa shape index (κ2) is 15.3. The van der Waals surface area contributed by atoms with Gasteiger partial charge in [0.2, 0.25) is 0 Å². The summed E-state index contributed by atoms with van der Waals surface area (Å²) in [6, 6.07) is 2.90. The molecule has 0 aliphatic carbocycles. The lowest BCUT2D eigenvalue weighted by atomic mass is 10.8. The summed E-state index contributed by atoms with van der Waals surface area (Å²) < 4.78 is 15.3. The molecule has 144 valence electrons. The van der Waals surface area contributed by atoms with Crippen molar-refractivity contribution >= 4 is 35.3 Å². The Morgan fingerprint density at radius 2 is 1.04 bits per heavy atom. The van der Waals surface area contributed by atoms with Gasteiger partial charge in [-0.15, -0.1) is 19.7 Å². The summed E-state index contributed by atoms with van der Waals surface area (Å²) in [4.78, 5) is 0. The van der Waals surface area contributed by atoms with Gasteiger partial charge in [-0.3, -0.25) is 0 Å². The van der Waals surface area contributed by atoms with Gasteiger partial charge in [0.05, 0.1) is 0 Å². The van der Waals surface area contributed by atoms with Gasteiger partial charge in [0.25, 0.3) is 0 Å².